The van der Waals surface area contributed by atoms with Crippen LogP contribution < -0.4 is 0 Å². The van der Waals surface area contributed by atoms with Gasteiger partial charge in [-0.25, -0.2) is 4.98 Å². The lowest BCUT2D eigenvalue weighted by Crippen LogP contribution is -2.53. The van der Waals surface area contributed by atoms with Crippen molar-refractivity contribution in [2.24, 2.45) is 5.92 Å². The Morgan fingerprint density at radius 2 is 2.11 bits per heavy atom. The lowest BCUT2D eigenvalue weighted by Gasteiger charge is -2.42. The summed E-state index contributed by atoms with van der Waals surface area (Å²) in [7, 11) is 4.04. The number of likely N-dealkylation sites (N-methyl/N-ethyl adjacent to an activating group) is 1. The highest BCUT2D eigenvalue weighted by molar-refractivity contribution is 6.00. The van der Waals surface area contributed by atoms with E-state index in [0.29, 0.717) is 5.82 Å². The van der Waals surface area contributed by atoms with E-state index in [2.05, 4.69) is 16.8 Å². The highest BCUT2D eigenvalue weighted by Crippen LogP contribution is 2.37. The predicted molar refractivity (Wildman–Crippen MR) is 76.3 cm³/mol. The zero-order chi connectivity index (χ0) is 14.0. The maximum absolute atomic E-state index is 13.0. The van der Waals surface area contributed by atoms with E-state index in [9.17, 15) is 4.79 Å². The van der Waals surface area contributed by atoms with Crippen LogP contribution in [0.5, 0.6) is 0 Å². The molecule has 1 heterocycles. The minimum Gasteiger partial charge on any atom is -0.329 e. The molecule has 1 aromatic rings. The standard InChI is InChI=1S/C15H25N3O/c1-5-18-11-10-16-14(18)13(19)15(17(3)4)8-6-12(2)7-9-15/h10-12H,5-9H2,1-4H3. The molecule has 0 atom stereocenters. The molecule has 0 radical (unpaired) electrons. The highest BCUT2D eigenvalue weighted by Gasteiger charge is 2.44. The van der Waals surface area contributed by atoms with Crippen LogP contribution in [-0.2, 0) is 6.54 Å². The van der Waals surface area contributed by atoms with Crippen molar-refractivity contribution >= 4 is 5.78 Å². The molecule has 0 N–H and O–H groups in total. The van der Waals surface area contributed by atoms with E-state index in [1.165, 1.54) is 0 Å². The van der Waals surface area contributed by atoms with Gasteiger partial charge in [0.15, 0.2) is 5.82 Å². The molecular weight excluding hydrogens is 238 g/mol. The molecule has 4 nitrogen and oxygen atoms in total. The second-order valence-corrected chi connectivity index (χ2v) is 5.97. The van der Waals surface area contributed by atoms with Crippen LogP contribution in [0.3, 0.4) is 0 Å². The largest absolute Gasteiger partial charge is 0.329 e. The maximum Gasteiger partial charge on any atom is 0.218 e. The maximum atomic E-state index is 13.0. The number of carbonyl (C=O) groups excluding carboxylic acids is 1. The molecule has 0 aromatic carbocycles. The lowest BCUT2D eigenvalue weighted by molar-refractivity contribution is 0.0497. The number of imidazole rings is 1. The first-order chi connectivity index (χ1) is 9.01. The second-order valence-electron chi connectivity index (χ2n) is 5.97. The Bertz CT molecular complexity index is 442. The van der Waals surface area contributed by atoms with Crippen LogP contribution in [-0.4, -0.2) is 39.9 Å². The summed E-state index contributed by atoms with van der Waals surface area (Å²) in [6.45, 7) is 5.11. The van der Waals surface area contributed by atoms with Crippen molar-refractivity contribution in [1.82, 2.24) is 14.5 Å². The molecule has 0 bridgehead atoms. The van der Waals surface area contributed by atoms with Crippen molar-refractivity contribution in [3.8, 4) is 0 Å². The zero-order valence-corrected chi connectivity index (χ0v) is 12.5. The third-order valence-electron chi connectivity index (χ3n) is 4.64. The van der Waals surface area contributed by atoms with Crippen LogP contribution in [0, 0.1) is 5.92 Å². The molecular formula is C15H25N3O. The topological polar surface area (TPSA) is 38.1 Å². The molecule has 0 amide bonds. The first kappa shape index (κ1) is 14.3. The summed E-state index contributed by atoms with van der Waals surface area (Å²) in [6, 6.07) is 0. The molecule has 2 rings (SSSR count). The van der Waals surface area contributed by atoms with Gasteiger partial charge in [0.25, 0.3) is 0 Å². The van der Waals surface area contributed by atoms with Crippen molar-refractivity contribution in [2.45, 2.75) is 51.6 Å². The van der Waals surface area contributed by atoms with Gasteiger partial charge in [-0.3, -0.25) is 9.69 Å². The van der Waals surface area contributed by atoms with Gasteiger partial charge >= 0.3 is 0 Å². The van der Waals surface area contributed by atoms with Gasteiger partial charge in [0.1, 0.15) is 0 Å². The molecule has 19 heavy (non-hydrogen) atoms. The summed E-state index contributed by atoms with van der Waals surface area (Å²) in [5, 5.41) is 0. The number of rotatable bonds is 4. The summed E-state index contributed by atoms with van der Waals surface area (Å²) in [6.07, 6.45) is 7.74. The van der Waals surface area contributed by atoms with E-state index < -0.39 is 0 Å². The molecule has 1 aliphatic carbocycles. The van der Waals surface area contributed by atoms with Crippen LogP contribution in [0.1, 0.15) is 50.1 Å². The summed E-state index contributed by atoms with van der Waals surface area (Å²) in [5.41, 5.74) is -0.356. The Morgan fingerprint density at radius 3 is 2.63 bits per heavy atom. The van der Waals surface area contributed by atoms with Gasteiger partial charge in [-0.1, -0.05) is 6.92 Å². The van der Waals surface area contributed by atoms with Crippen molar-refractivity contribution < 1.29 is 4.79 Å². The predicted octanol–water partition coefficient (Wildman–Crippen LogP) is 2.60. The van der Waals surface area contributed by atoms with Gasteiger partial charge in [-0.2, -0.15) is 0 Å². The fraction of sp³-hybridized carbons (Fsp3) is 0.733. The SMILES string of the molecule is CCn1ccnc1C(=O)C1(N(C)C)CCC(C)CC1. The van der Waals surface area contributed by atoms with Gasteiger partial charge in [0.05, 0.1) is 5.54 Å². The Kier molecular flexibility index (Phi) is 4.09. The third kappa shape index (κ3) is 2.46. The monoisotopic (exact) mass is 263 g/mol. The van der Waals surface area contributed by atoms with Crippen LogP contribution in [0.2, 0.25) is 0 Å². The molecule has 1 saturated carbocycles. The van der Waals surface area contributed by atoms with Crippen molar-refractivity contribution in [2.75, 3.05) is 14.1 Å². The highest BCUT2D eigenvalue weighted by atomic mass is 16.1. The number of carbonyl (C=O) groups is 1. The Morgan fingerprint density at radius 1 is 1.47 bits per heavy atom. The molecule has 4 heteroatoms. The Balaban J connectivity index is 2.32. The molecule has 0 spiro atoms. The van der Waals surface area contributed by atoms with E-state index in [4.69, 9.17) is 0 Å². The van der Waals surface area contributed by atoms with Crippen LogP contribution in [0.15, 0.2) is 12.4 Å². The van der Waals surface area contributed by atoms with Gasteiger partial charge in [0.2, 0.25) is 5.78 Å². The number of Topliss-reactive ketones (excluding diaryl/α,β-unsaturated/α-hetero) is 1. The molecule has 0 unspecified atom stereocenters. The number of hydrogen-bond donors (Lipinski definition) is 0. The van der Waals surface area contributed by atoms with Crippen LogP contribution in [0.4, 0.5) is 0 Å². The summed E-state index contributed by atoms with van der Waals surface area (Å²) in [5.74, 6) is 1.54. The minimum atomic E-state index is -0.356. The zero-order valence-electron chi connectivity index (χ0n) is 12.5. The van der Waals surface area contributed by atoms with Crippen LogP contribution in [0.25, 0.3) is 0 Å². The van der Waals surface area contributed by atoms with Gasteiger partial charge in [-0.05, 0) is 52.6 Å². The molecule has 1 fully saturated rings. The lowest BCUT2D eigenvalue weighted by atomic mass is 9.73. The van der Waals surface area contributed by atoms with Crippen molar-refractivity contribution in [3.05, 3.63) is 18.2 Å². The number of nitrogens with zero attached hydrogens (tertiary/aromatic N) is 3. The molecule has 106 valence electrons. The van der Waals surface area contributed by atoms with Gasteiger partial charge < -0.3 is 4.57 Å². The fourth-order valence-electron chi connectivity index (χ4n) is 3.10. The van der Waals surface area contributed by atoms with Crippen molar-refractivity contribution in [3.63, 3.8) is 0 Å². The van der Waals surface area contributed by atoms with E-state index in [1.807, 2.05) is 31.8 Å². The smallest absolute Gasteiger partial charge is 0.218 e. The van der Waals surface area contributed by atoms with E-state index >= 15 is 0 Å². The summed E-state index contributed by atoms with van der Waals surface area (Å²) in [4.78, 5) is 19.4. The quantitative estimate of drug-likeness (QED) is 0.784. The Labute approximate surface area is 115 Å². The fourth-order valence-corrected chi connectivity index (χ4v) is 3.10. The minimum absolute atomic E-state index is 0.191. The number of aromatic nitrogens is 2. The summed E-state index contributed by atoms with van der Waals surface area (Å²) >= 11 is 0. The van der Waals surface area contributed by atoms with Gasteiger partial charge in [0, 0.05) is 18.9 Å². The first-order valence-electron chi connectivity index (χ1n) is 7.24. The van der Waals surface area contributed by atoms with Gasteiger partial charge in [-0.15, -0.1) is 0 Å². The van der Waals surface area contributed by atoms with E-state index in [1.54, 1.807) is 6.20 Å². The second kappa shape index (κ2) is 5.45. The molecule has 1 aromatic heterocycles. The number of aryl methyl sites for hydroxylation is 1. The average molecular weight is 263 g/mol. The average Bonchev–Trinajstić information content (AvgIpc) is 2.87. The van der Waals surface area contributed by atoms with Crippen LogP contribution >= 0.6 is 0 Å². The Hall–Kier alpha value is -1.16. The summed E-state index contributed by atoms with van der Waals surface area (Å²) < 4.78 is 1.95. The third-order valence-corrected chi connectivity index (χ3v) is 4.64. The molecule has 0 aliphatic heterocycles. The first-order valence-corrected chi connectivity index (χ1v) is 7.24. The van der Waals surface area contributed by atoms with Crippen molar-refractivity contribution in [1.29, 1.82) is 0 Å². The van der Waals surface area contributed by atoms with E-state index in [0.717, 1.165) is 38.1 Å². The normalized spacial score (nSPS) is 27.7. The molecule has 1 aliphatic rings. The number of ketones is 1. The van der Waals surface area contributed by atoms with E-state index in [-0.39, 0.29) is 11.3 Å². The molecule has 0 saturated heterocycles. The number of hydrogen-bond acceptors (Lipinski definition) is 3.